The van der Waals surface area contributed by atoms with Crippen molar-refractivity contribution in [3.8, 4) is 0 Å². The second-order valence-electron chi connectivity index (χ2n) is 5.50. The van der Waals surface area contributed by atoms with Crippen molar-refractivity contribution < 1.29 is 4.79 Å². The summed E-state index contributed by atoms with van der Waals surface area (Å²) in [5, 5.41) is 6.12. The third-order valence-electron chi connectivity index (χ3n) is 2.58. The van der Waals surface area contributed by atoms with Crippen LogP contribution in [0.4, 0.5) is 5.69 Å². The SMILES string of the molecule is CC(C)(C)Sc1ccc(NC(=O)[C@H]2CSCN2)cc1. The molecule has 0 aromatic heterocycles. The summed E-state index contributed by atoms with van der Waals surface area (Å²) in [4.78, 5) is 13.2. The first-order valence-corrected chi connectivity index (χ1v) is 8.32. The number of thioether (sulfide) groups is 2. The summed E-state index contributed by atoms with van der Waals surface area (Å²) >= 11 is 3.58. The summed E-state index contributed by atoms with van der Waals surface area (Å²) in [5.74, 6) is 1.77. The predicted molar refractivity (Wildman–Crippen MR) is 84.9 cm³/mol. The van der Waals surface area contributed by atoms with Crippen LogP contribution in [0.25, 0.3) is 0 Å². The molecule has 3 nitrogen and oxygen atoms in total. The standard InChI is InChI=1S/C14H20N2OS2/c1-14(2,3)19-11-6-4-10(5-7-11)16-13(17)12-8-18-9-15-12/h4-7,12,15H,8-9H2,1-3H3,(H,16,17)/t12-/m1/s1. The fourth-order valence-corrected chi connectivity index (χ4v) is 3.67. The average molecular weight is 296 g/mol. The number of hydrogen-bond donors (Lipinski definition) is 2. The average Bonchev–Trinajstić information content (AvgIpc) is 2.83. The Balaban J connectivity index is 1.93. The van der Waals surface area contributed by atoms with Crippen LogP contribution in [0.2, 0.25) is 0 Å². The Morgan fingerprint density at radius 3 is 2.58 bits per heavy atom. The van der Waals surface area contributed by atoms with Gasteiger partial charge in [-0.3, -0.25) is 10.1 Å². The van der Waals surface area contributed by atoms with E-state index in [-0.39, 0.29) is 16.7 Å². The van der Waals surface area contributed by atoms with Crippen LogP contribution in [0.1, 0.15) is 20.8 Å². The van der Waals surface area contributed by atoms with Crippen LogP contribution in [0, 0.1) is 0 Å². The van der Waals surface area contributed by atoms with Gasteiger partial charge in [0.2, 0.25) is 5.91 Å². The maximum absolute atomic E-state index is 11.9. The van der Waals surface area contributed by atoms with Gasteiger partial charge < -0.3 is 5.32 Å². The summed E-state index contributed by atoms with van der Waals surface area (Å²) in [7, 11) is 0. The van der Waals surface area contributed by atoms with Crippen LogP contribution in [0.5, 0.6) is 0 Å². The Hall–Kier alpha value is -0.650. The van der Waals surface area contributed by atoms with E-state index in [0.29, 0.717) is 0 Å². The minimum atomic E-state index is -0.0615. The van der Waals surface area contributed by atoms with Crippen molar-refractivity contribution in [1.29, 1.82) is 0 Å². The minimum absolute atomic E-state index is 0.0567. The van der Waals surface area contributed by atoms with Crippen molar-refractivity contribution in [2.45, 2.75) is 36.5 Å². The molecule has 1 aliphatic rings. The fourth-order valence-electron chi connectivity index (χ4n) is 1.75. The molecule has 1 saturated heterocycles. The quantitative estimate of drug-likeness (QED) is 0.841. The highest BCUT2D eigenvalue weighted by Crippen LogP contribution is 2.32. The van der Waals surface area contributed by atoms with Gasteiger partial charge in [0.1, 0.15) is 0 Å². The molecule has 0 spiro atoms. The molecule has 0 saturated carbocycles. The number of rotatable bonds is 3. The molecule has 1 aliphatic heterocycles. The van der Waals surface area contributed by atoms with Crippen LogP contribution < -0.4 is 10.6 Å². The van der Waals surface area contributed by atoms with E-state index in [9.17, 15) is 4.79 Å². The van der Waals surface area contributed by atoms with Gasteiger partial charge in [-0.1, -0.05) is 20.8 Å². The van der Waals surface area contributed by atoms with E-state index < -0.39 is 0 Å². The summed E-state index contributed by atoms with van der Waals surface area (Å²) in [6, 6.07) is 7.99. The first kappa shape index (κ1) is 14.8. The number of anilines is 1. The zero-order chi connectivity index (χ0) is 13.9. The predicted octanol–water partition coefficient (Wildman–Crippen LogP) is 3.18. The van der Waals surface area contributed by atoms with Crippen LogP contribution in [-0.4, -0.2) is 28.3 Å². The van der Waals surface area contributed by atoms with Crippen LogP contribution >= 0.6 is 23.5 Å². The van der Waals surface area contributed by atoms with Crippen molar-refractivity contribution in [2.75, 3.05) is 16.9 Å². The molecule has 0 unspecified atom stereocenters. The molecule has 19 heavy (non-hydrogen) atoms. The molecule has 2 rings (SSSR count). The van der Waals surface area contributed by atoms with Crippen molar-refractivity contribution >= 4 is 35.1 Å². The number of amides is 1. The molecular weight excluding hydrogens is 276 g/mol. The number of hydrogen-bond acceptors (Lipinski definition) is 4. The normalized spacial score (nSPS) is 19.4. The lowest BCUT2D eigenvalue weighted by atomic mass is 10.2. The fraction of sp³-hybridized carbons (Fsp3) is 0.500. The van der Waals surface area contributed by atoms with Crippen molar-refractivity contribution in [1.82, 2.24) is 5.32 Å². The molecule has 0 bridgehead atoms. The van der Waals surface area contributed by atoms with Crippen molar-refractivity contribution in [2.24, 2.45) is 0 Å². The first-order valence-electron chi connectivity index (χ1n) is 6.35. The van der Waals surface area contributed by atoms with Gasteiger partial charge in [-0.15, -0.1) is 23.5 Å². The summed E-state index contributed by atoms with van der Waals surface area (Å²) in [5.41, 5.74) is 0.863. The Kier molecular flexibility index (Phi) is 4.81. The van der Waals surface area contributed by atoms with Crippen LogP contribution in [-0.2, 0) is 4.79 Å². The van der Waals surface area contributed by atoms with E-state index in [0.717, 1.165) is 17.3 Å². The number of carbonyl (C=O) groups is 1. The molecule has 1 atom stereocenters. The van der Waals surface area contributed by atoms with Crippen molar-refractivity contribution in [3.63, 3.8) is 0 Å². The first-order chi connectivity index (χ1) is 8.94. The topological polar surface area (TPSA) is 41.1 Å². The molecule has 0 radical (unpaired) electrons. The lowest BCUT2D eigenvalue weighted by molar-refractivity contribution is -0.117. The Labute approximate surface area is 123 Å². The summed E-state index contributed by atoms with van der Waals surface area (Å²) < 4.78 is 0.204. The Bertz CT molecular complexity index is 434. The van der Waals surface area contributed by atoms with Gasteiger partial charge in [0.15, 0.2) is 0 Å². The largest absolute Gasteiger partial charge is 0.325 e. The van der Waals surface area contributed by atoms with Gasteiger partial charge in [-0.05, 0) is 24.3 Å². The zero-order valence-electron chi connectivity index (χ0n) is 11.5. The van der Waals surface area contributed by atoms with Crippen molar-refractivity contribution in [3.05, 3.63) is 24.3 Å². The lowest BCUT2D eigenvalue weighted by Gasteiger charge is -2.17. The minimum Gasteiger partial charge on any atom is -0.325 e. The van der Waals surface area contributed by atoms with Gasteiger partial charge in [-0.25, -0.2) is 0 Å². The van der Waals surface area contributed by atoms with E-state index in [1.54, 1.807) is 11.8 Å². The van der Waals surface area contributed by atoms with E-state index in [1.807, 2.05) is 23.9 Å². The lowest BCUT2D eigenvalue weighted by Crippen LogP contribution is -2.37. The third-order valence-corrected chi connectivity index (χ3v) is 4.64. The molecule has 1 aromatic rings. The Morgan fingerprint density at radius 2 is 2.05 bits per heavy atom. The highest BCUT2D eigenvalue weighted by Gasteiger charge is 2.22. The monoisotopic (exact) mass is 296 g/mol. The van der Waals surface area contributed by atoms with E-state index in [2.05, 4.69) is 43.5 Å². The zero-order valence-corrected chi connectivity index (χ0v) is 13.2. The number of carbonyl (C=O) groups excluding carboxylic acids is 1. The molecule has 1 amide bonds. The number of benzene rings is 1. The Morgan fingerprint density at radius 1 is 1.37 bits per heavy atom. The maximum Gasteiger partial charge on any atom is 0.242 e. The van der Waals surface area contributed by atoms with Crippen LogP contribution in [0.3, 0.4) is 0 Å². The summed E-state index contributed by atoms with van der Waals surface area (Å²) in [6.45, 7) is 6.57. The highest BCUT2D eigenvalue weighted by molar-refractivity contribution is 8.00. The number of nitrogens with one attached hydrogen (secondary N) is 2. The maximum atomic E-state index is 11.9. The van der Waals surface area contributed by atoms with Crippen LogP contribution in [0.15, 0.2) is 29.2 Å². The van der Waals surface area contributed by atoms with Gasteiger partial charge >= 0.3 is 0 Å². The third kappa shape index (κ3) is 4.75. The van der Waals surface area contributed by atoms with Gasteiger partial charge in [-0.2, -0.15) is 0 Å². The second kappa shape index (κ2) is 6.20. The molecule has 2 N–H and O–H groups in total. The van der Waals surface area contributed by atoms with Gasteiger partial charge in [0.05, 0.1) is 6.04 Å². The van der Waals surface area contributed by atoms with Gasteiger partial charge in [0, 0.05) is 27.0 Å². The second-order valence-corrected chi connectivity index (χ2v) is 8.43. The molecule has 104 valence electrons. The highest BCUT2D eigenvalue weighted by atomic mass is 32.2. The smallest absolute Gasteiger partial charge is 0.242 e. The summed E-state index contributed by atoms with van der Waals surface area (Å²) in [6.07, 6.45) is 0. The van der Waals surface area contributed by atoms with Gasteiger partial charge in [0.25, 0.3) is 0 Å². The van der Waals surface area contributed by atoms with E-state index in [4.69, 9.17) is 0 Å². The molecule has 1 fully saturated rings. The van der Waals surface area contributed by atoms with E-state index in [1.165, 1.54) is 4.90 Å². The molecular formula is C14H20N2OS2. The molecule has 1 heterocycles. The van der Waals surface area contributed by atoms with E-state index >= 15 is 0 Å². The molecule has 0 aliphatic carbocycles. The molecule has 5 heteroatoms. The molecule has 1 aromatic carbocycles.